The predicted molar refractivity (Wildman–Crippen MR) is 71.5 cm³/mol. The van der Waals surface area contributed by atoms with E-state index in [1.807, 2.05) is 6.92 Å². The maximum Gasteiger partial charge on any atom is 0.271 e. The Morgan fingerprint density at radius 3 is 2.74 bits per heavy atom. The van der Waals surface area contributed by atoms with Crippen LogP contribution >= 0.6 is 11.6 Å². The lowest BCUT2D eigenvalue weighted by Crippen LogP contribution is -2.28. The van der Waals surface area contributed by atoms with Crippen LogP contribution in [0.2, 0.25) is 5.02 Å². The van der Waals surface area contributed by atoms with Crippen LogP contribution in [-0.2, 0) is 9.47 Å². The maximum absolute atomic E-state index is 10.6. The van der Waals surface area contributed by atoms with Crippen LogP contribution in [0.15, 0.2) is 18.2 Å². The predicted octanol–water partition coefficient (Wildman–Crippen LogP) is 2.81. The standard InChI is InChI=1S/C12H15ClN2O4/c1-12(18-6-7-19-12)4-5-14-11-3-2-9(15(16)17)8-10(11)13/h2-3,8,14H,4-7H2,1H3. The first-order chi connectivity index (χ1) is 9.00. The Balaban J connectivity index is 1.91. The van der Waals surface area contributed by atoms with Crippen molar-refractivity contribution in [3.05, 3.63) is 33.3 Å². The van der Waals surface area contributed by atoms with Gasteiger partial charge in [0.15, 0.2) is 5.79 Å². The zero-order valence-electron chi connectivity index (χ0n) is 10.5. The Hall–Kier alpha value is -1.37. The van der Waals surface area contributed by atoms with Crippen molar-refractivity contribution in [1.82, 2.24) is 0 Å². The highest BCUT2D eigenvalue weighted by molar-refractivity contribution is 6.33. The summed E-state index contributed by atoms with van der Waals surface area (Å²) in [5.74, 6) is -0.555. The molecule has 1 aromatic carbocycles. The highest BCUT2D eigenvalue weighted by Gasteiger charge is 2.30. The van der Waals surface area contributed by atoms with Gasteiger partial charge in [-0.05, 0) is 13.0 Å². The Morgan fingerprint density at radius 2 is 2.16 bits per heavy atom. The van der Waals surface area contributed by atoms with E-state index in [1.54, 1.807) is 6.07 Å². The molecule has 1 heterocycles. The van der Waals surface area contributed by atoms with Crippen LogP contribution in [-0.4, -0.2) is 30.5 Å². The van der Waals surface area contributed by atoms with Crippen molar-refractivity contribution < 1.29 is 14.4 Å². The third-order valence-electron chi connectivity index (χ3n) is 2.96. The second kappa shape index (κ2) is 5.73. The molecule has 19 heavy (non-hydrogen) atoms. The molecule has 0 saturated carbocycles. The van der Waals surface area contributed by atoms with Crippen molar-refractivity contribution in [3.8, 4) is 0 Å². The van der Waals surface area contributed by atoms with Gasteiger partial charge in [0.1, 0.15) is 0 Å². The molecule has 1 aromatic rings. The number of nitrogens with one attached hydrogen (secondary N) is 1. The Morgan fingerprint density at radius 1 is 1.47 bits per heavy atom. The minimum Gasteiger partial charge on any atom is -0.384 e. The van der Waals surface area contributed by atoms with E-state index in [0.717, 1.165) is 0 Å². The molecule has 1 N–H and O–H groups in total. The lowest BCUT2D eigenvalue weighted by atomic mass is 10.2. The van der Waals surface area contributed by atoms with Crippen molar-refractivity contribution in [3.63, 3.8) is 0 Å². The van der Waals surface area contributed by atoms with Crippen LogP contribution in [0.1, 0.15) is 13.3 Å². The molecular weight excluding hydrogens is 272 g/mol. The summed E-state index contributed by atoms with van der Waals surface area (Å²) in [6.45, 7) is 3.71. The third-order valence-corrected chi connectivity index (χ3v) is 3.27. The molecule has 1 aliphatic rings. The molecule has 0 bridgehead atoms. The normalized spacial score (nSPS) is 17.4. The van der Waals surface area contributed by atoms with Crippen LogP contribution in [0.5, 0.6) is 0 Å². The number of nitro groups is 1. The van der Waals surface area contributed by atoms with E-state index >= 15 is 0 Å². The zero-order valence-corrected chi connectivity index (χ0v) is 11.3. The van der Waals surface area contributed by atoms with E-state index in [2.05, 4.69) is 5.32 Å². The first kappa shape index (κ1) is 14.0. The lowest BCUT2D eigenvalue weighted by molar-refractivity contribution is -0.384. The molecule has 0 radical (unpaired) electrons. The van der Waals surface area contributed by atoms with Gasteiger partial charge >= 0.3 is 0 Å². The smallest absolute Gasteiger partial charge is 0.271 e. The number of ether oxygens (including phenoxy) is 2. The van der Waals surface area contributed by atoms with Crippen LogP contribution in [0.25, 0.3) is 0 Å². The van der Waals surface area contributed by atoms with Gasteiger partial charge in [0.2, 0.25) is 0 Å². The summed E-state index contributed by atoms with van der Waals surface area (Å²) < 4.78 is 10.9. The average molecular weight is 287 g/mol. The van der Waals surface area contributed by atoms with Crippen molar-refractivity contribution >= 4 is 23.0 Å². The topological polar surface area (TPSA) is 73.6 Å². The number of hydrogen-bond acceptors (Lipinski definition) is 5. The van der Waals surface area contributed by atoms with E-state index in [9.17, 15) is 10.1 Å². The molecule has 7 heteroatoms. The lowest BCUT2D eigenvalue weighted by Gasteiger charge is -2.22. The summed E-state index contributed by atoms with van der Waals surface area (Å²) in [6, 6.07) is 4.34. The molecule has 2 rings (SSSR count). The van der Waals surface area contributed by atoms with Crippen molar-refractivity contribution in [2.75, 3.05) is 25.1 Å². The fourth-order valence-corrected chi connectivity index (χ4v) is 2.13. The number of nitrogens with zero attached hydrogens (tertiary/aromatic N) is 1. The number of rotatable bonds is 5. The highest BCUT2D eigenvalue weighted by atomic mass is 35.5. The van der Waals surface area contributed by atoms with Crippen molar-refractivity contribution in [2.45, 2.75) is 19.1 Å². The summed E-state index contributed by atoms with van der Waals surface area (Å²) in [4.78, 5) is 10.1. The van der Waals surface area contributed by atoms with Crippen LogP contribution in [0.4, 0.5) is 11.4 Å². The van der Waals surface area contributed by atoms with Crippen molar-refractivity contribution in [2.24, 2.45) is 0 Å². The summed E-state index contributed by atoms with van der Waals surface area (Å²) >= 11 is 5.97. The molecule has 1 saturated heterocycles. The quantitative estimate of drug-likeness (QED) is 0.665. The molecule has 6 nitrogen and oxygen atoms in total. The second-order valence-corrected chi connectivity index (χ2v) is 4.84. The molecular formula is C12H15ClN2O4. The number of benzene rings is 1. The number of nitro benzene ring substituents is 1. The first-order valence-electron chi connectivity index (χ1n) is 5.96. The molecule has 0 aliphatic carbocycles. The first-order valence-corrected chi connectivity index (χ1v) is 6.34. The van der Waals surface area contributed by atoms with Gasteiger partial charge in [0, 0.05) is 25.1 Å². The molecule has 1 aliphatic heterocycles. The largest absolute Gasteiger partial charge is 0.384 e. The fourth-order valence-electron chi connectivity index (χ4n) is 1.89. The zero-order chi connectivity index (χ0) is 13.9. The minimum absolute atomic E-state index is 0.0232. The molecule has 0 aromatic heterocycles. The summed E-state index contributed by atoms with van der Waals surface area (Å²) in [5.41, 5.74) is 0.638. The maximum atomic E-state index is 10.6. The second-order valence-electron chi connectivity index (χ2n) is 4.43. The summed E-state index contributed by atoms with van der Waals surface area (Å²) in [6.07, 6.45) is 0.667. The average Bonchev–Trinajstić information content (AvgIpc) is 2.78. The molecule has 0 amide bonds. The highest BCUT2D eigenvalue weighted by Crippen LogP contribution is 2.27. The Labute approximate surface area is 115 Å². The molecule has 1 fully saturated rings. The number of anilines is 1. The van der Waals surface area contributed by atoms with Crippen LogP contribution < -0.4 is 5.32 Å². The number of halogens is 1. The van der Waals surface area contributed by atoms with Gasteiger partial charge in [-0.3, -0.25) is 10.1 Å². The van der Waals surface area contributed by atoms with Gasteiger partial charge in [-0.1, -0.05) is 11.6 Å². The van der Waals surface area contributed by atoms with Crippen molar-refractivity contribution in [1.29, 1.82) is 0 Å². The third kappa shape index (κ3) is 3.56. The Bertz CT molecular complexity index is 475. The van der Waals surface area contributed by atoms with E-state index in [1.165, 1.54) is 12.1 Å². The molecule has 0 spiro atoms. The van der Waals surface area contributed by atoms with Gasteiger partial charge in [0.05, 0.1) is 28.8 Å². The van der Waals surface area contributed by atoms with Gasteiger partial charge in [0.25, 0.3) is 5.69 Å². The minimum atomic E-state index is -0.555. The van der Waals surface area contributed by atoms with Crippen LogP contribution in [0.3, 0.4) is 0 Å². The molecule has 0 unspecified atom stereocenters. The van der Waals surface area contributed by atoms with Crippen LogP contribution in [0, 0.1) is 10.1 Å². The monoisotopic (exact) mass is 286 g/mol. The molecule has 104 valence electrons. The number of hydrogen-bond donors (Lipinski definition) is 1. The van der Waals surface area contributed by atoms with E-state index < -0.39 is 10.7 Å². The number of non-ortho nitro benzene ring substituents is 1. The molecule has 0 atom stereocenters. The van der Waals surface area contributed by atoms with E-state index in [4.69, 9.17) is 21.1 Å². The van der Waals surface area contributed by atoms with Gasteiger partial charge in [-0.25, -0.2) is 0 Å². The van der Waals surface area contributed by atoms with Gasteiger partial charge in [-0.15, -0.1) is 0 Å². The fraction of sp³-hybridized carbons (Fsp3) is 0.500. The van der Waals surface area contributed by atoms with Gasteiger partial charge < -0.3 is 14.8 Å². The van der Waals surface area contributed by atoms with E-state index in [0.29, 0.717) is 36.9 Å². The Kier molecular flexibility index (Phi) is 4.24. The summed E-state index contributed by atoms with van der Waals surface area (Å²) in [5, 5.41) is 14.0. The SMILES string of the molecule is CC1(CCNc2ccc([N+](=O)[O-])cc2Cl)OCCO1. The summed E-state index contributed by atoms with van der Waals surface area (Å²) in [7, 11) is 0. The van der Waals surface area contributed by atoms with E-state index in [-0.39, 0.29) is 5.69 Å². The van der Waals surface area contributed by atoms with Gasteiger partial charge in [-0.2, -0.15) is 0 Å².